The Bertz CT molecular complexity index is 281. The van der Waals surface area contributed by atoms with Crippen molar-refractivity contribution in [3.8, 4) is 0 Å². The zero-order chi connectivity index (χ0) is 12.8. The van der Waals surface area contributed by atoms with Crippen molar-refractivity contribution in [3.05, 3.63) is 0 Å². The second kappa shape index (κ2) is 6.59. The predicted octanol–water partition coefficient (Wildman–Crippen LogP) is 0.492. The van der Waals surface area contributed by atoms with E-state index < -0.39 is 11.9 Å². The second-order valence-electron chi connectivity index (χ2n) is 4.33. The van der Waals surface area contributed by atoms with Crippen LogP contribution in [0.3, 0.4) is 0 Å². The normalized spacial score (nSPS) is 20.3. The van der Waals surface area contributed by atoms with Crippen molar-refractivity contribution in [2.24, 2.45) is 0 Å². The molecular weight excluding hydrogens is 220 g/mol. The zero-order valence-corrected chi connectivity index (χ0v) is 10.9. The Labute approximate surface area is 103 Å². The third-order valence-electron chi connectivity index (χ3n) is 3.19. The van der Waals surface area contributed by atoms with E-state index in [2.05, 4.69) is 11.8 Å². The third-order valence-corrected chi connectivity index (χ3v) is 3.19. The lowest BCUT2D eigenvalue weighted by atomic mass is 10.2. The van der Waals surface area contributed by atoms with Crippen LogP contribution in [-0.2, 0) is 14.3 Å². The molecule has 0 bridgehead atoms. The summed E-state index contributed by atoms with van der Waals surface area (Å²) in [4.78, 5) is 26.7. The summed E-state index contributed by atoms with van der Waals surface area (Å²) in [6, 6.07) is 0.378. The van der Waals surface area contributed by atoms with E-state index in [0.29, 0.717) is 12.6 Å². The molecule has 0 aromatic rings. The number of likely N-dealkylation sites (tertiary alicyclic amines) is 1. The third kappa shape index (κ3) is 3.70. The Hall–Kier alpha value is -1.10. The van der Waals surface area contributed by atoms with E-state index in [0.717, 1.165) is 19.5 Å². The lowest BCUT2D eigenvalue weighted by Crippen LogP contribution is -2.43. The standard InChI is InChI=1S/C12H22N2O3/c1-4-14-8-6-7-10(14)9-13(3)11(15)12(16)17-5-2/h10H,4-9H2,1-3H3. The molecule has 98 valence electrons. The first-order valence-corrected chi connectivity index (χ1v) is 6.26. The molecule has 0 spiro atoms. The van der Waals surface area contributed by atoms with E-state index in [4.69, 9.17) is 4.74 Å². The minimum atomic E-state index is -0.754. The molecule has 0 saturated carbocycles. The van der Waals surface area contributed by atoms with Crippen molar-refractivity contribution in [1.29, 1.82) is 0 Å². The summed E-state index contributed by atoms with van der Waals surface area (Å²) in [5.41, 5.74) is 0. The van der Waals surface area contributed by atoms with E-state index >= 15 is 0 Å². The van der Waals surface area contributed by atoms with Crippen LogP contribution in [0.1, 0.15) is 26.7 Å². The van der Waals surface area contributed by atoms with Gasteiger partial charge in [-0.25, -0.2) is 4.79 Å². The first-order valence-electron chi connectivity index (χ1n) is 6.26. The highest BCUT2D eigenvalue weighted by atomic mass is 16.5. The largest absolute Gasteiger partial charge is 0.459 e. The summed E-state index contributed by atoms with van der Waals surface area (Å²) in [7, 11) is 1.66. The summed E-state index contributed by atoms with van der Waals surface area (Å²) in [5.74, 6) is -1.30. The zero-order valence-electron chi connectivity index (χ0n) is 10.9. The Morgan fingerprint density at radius 2 is 2.12 bits per heavy atom. The summed E-state index contributed by atoms with van der Waals surface area (Å²) in [5, 5.41) is 0. The van der Waals surface area contributed by atoms with Gasteiger partial charge in [-0.3, -0.25) is 9.69 Å². The highest BCUT2D eigenvalue weighted by molar-refractivity contribution is 6.32. The molecule has 0 aromatic carbocycles. The minimum Gasteiger partial charge on any atom is -0.459 e. The van der Waals surface area contributed by atoms with Crippen molar-refractivity contribution in [1.82, 2.24) is 9.80 Å². The Balaban J connectivity index is 2.45. The van der Waals surface area contributed by atoms with Crippen LogP contribution >= 0.6 is 0 Å². The summed E-state index contributed by atoms with van der Waals surface area (Å²) < 4.78 is 4.70. The number of amides is 1. The lowest BCUT2D eigenvalue weighted by Gasteiger charge is -2.27. The number of carbonyl (C=O) groups is 2. The molecule has 17 heavy (non-hydrogen) atoms. The van der Waals surface area contributed by atoms with Gasteiger partial charge >= 0.3 is 11.9 Å². The van der Waals surface area contributed by atoms with Gasteiger partial charge in [0.2, 0.25) is 0 Å². The van der Waals surface area contributed by atoms with Crippen LogP contribution in [-0.4, -0.2) is 61.0 Å². The van der Waals surface area contributed by atoms with Gasteiger partial charge in [-0.2, -0.15) is 0 Å². The maximum absolute atomic E-state index is 11.6. The molecule has 1 aliphatic heterocycles. The highest BCUT2D eigenvalue weighted by Gasteiger charge is 2.28. The number of nitrogens with zero attached hydrogens (tertiary/aromatic N) is 2. The first-order chi connectivity index (χ1) is 8.10. The monoisotopic (exact) mass is 242 g/mol. The highest BCUT2D eigenvalue weighted by Crippen LogP contribution is 2.17. The van der Waals surface area contributed by atoms with Crippen LogP contribution in [0.15, 0.2) is 0 Å². The van der Waals surface area contributed by atoms with Crippen LogP contribution in [0, 0.1) is 0 Å². The lowest BCUT2D eigenvalue weighted by molar-refractivity contribution is -0.159. The average Bonchev–Trinajstić information content (AvgIpc) is 2.75. The van der Waals surface area contributed by atoms with E-state index in [1.807, 2.05) is 0 Å². The number of carbonyl (C=O) groups excluding carboxylic acids is 2. The van der Waals surface area contributed by atoms with Crippen molar-refractivity contribution < 1.29 is 14.3 Å². The summed E-state index contributed by atoms with van der Waals surface area (Å²) in [6.07, 6.45) is 2.26. The molecule has 0 N–H and O–H groups in total. The Kier molecular flexibility index (Phi) is 5.41. The van der Waals surface area contributed by atoms with Crippen molar-refractivity contribution in [3.63, 3.8) is 0 Å². The molecule has 5 heteroatoms. The van der Waals surface area contributed by atoms with Gasteiger partial charge in [0.05, 0.1) is 6.61 Å². The van der Waals surface area contributed by atoms with E-state index in [1.165, 1.54) is 11.3 Å². The molecule has 1 atom stereocenters. The van der Waals surface area contributed by atoms with Gasteiger partial charge in [0, 0.05) is 19.6 Å². The molecule has 0 aliphatic carbocycles. The fraction of sp³-hybridized carbons (Fsp3) is 0.833. The predicted molar refractivity (Wildman–Crippen MR) is 64.5 cm³/mol. The van der Waals surface area contributed by atoms with E-state index in [9.17, 15) is 9.59 Å². The molecular formula is C12H22N2O3. The van der Waals surface area contributed by atoms with Crippen LogP contribution in [0.2, 0.25) is 0 Å². The van der Waals surface area contributed by atoms with Crippen LogP contribution in [0.25, 0.3) is 0 Å². The average molecular weight is 242 g/mol. The fourth-order valence-corrected chi connectivity index (χ4v) is 2.27. The van der Waals surface area contributed by atoms with Gasteiger partial charge in [-0.05, 0) is 32.9 Å². The number of rotatable bonds is 4. The maximum atomic E-state index is 11.6. The topological polar surface area (TPSA) is 49.9 Å². The molecule has 1 amide bonds. The van der Waals surface area contributed by atoms with Gasteiger partial charge in [0.1, 0.15) is 0 Å². The maximum Gasteiger partial charge on any atom is 0.396 e. The van der Waals surface area contributed by atoms with E-state index in [1.54, 1.807) is 14.0 Å². The van der Waals surface area contributed by atoms with Crippen molar-refractivity contribution in [2.45, 2.75) is 32.7 Å². The number of hydrogen-bond donors (Lipinski definition) is 0. The van der Waals surface area contributed by atoms with Gasteiger partial charge in [-0.1, -0.05) is 6.92 Å². The van der Waals surface area contributed by atoms with Gasteiger partial charge in [-0.15, -0.1) is 0 Å². The molecule has 5 nitrogen and oxygen atoms in total. The van der Waals surface area contributed by atoms with Crippen molar-refractivity contribution >= 4 is 11.9 Å². The molecule has 1 saturated heterocycles. The Morgan fingerprint density at radius 1 is 1.41 bits per heavy atom. The van der Waals surface area contributed by atoms with E-state index in [-0.39, 0.29) is 6.61 Å². The molecule has 1 fully saturated rings. The molecule has 1 heterocycles. The number of ether oxygens (including phenoxy) is 1. The summed E-state index contributed by atoms with van der Waals surface area (Å²) in [6.45, 7) is 6.73. The van der Waals surface area contributed by atoms with Gasteiger partial charge in [0.15, 0.2) is 0 Å². The Morgan fingerprint density at radius 3 is 2.71 bits per heavy atom. The fourth-order valence-electron chi connectivity index (χ4n) is 2.27. The second-order valence-corrected chi connectivity index (χ2v) is 4.33. The summed E-state index contributed by atoms with van der Waals surface area (Å²) >= 11 is 0. The van der Waals surface area contributed by atoms with Crippen LogP contribution < -0.4 is 0 Å². The van der Waals surface area contributed by atoms with Gasteiger partial charge < -0.3 is 9.64 Å². The number of hydrogen-bond acceptors (Lipinski definition) is 4. The number of likely N-dealkylation sites (N-methyl/N-ethyl adjacent to an activating group) is 2. The first kappa shape index (κ1) is 14.0. The quantitative estimate of drug-likeness (QED) is 0.532. The van der Waals surface area contributed by atoms with Crippen LogP contribution in [0.4, 0.5) is 0 Å². The molecule has 0 radical (unpaired) electrons. The smallest absolute Gasteiger partial charge is 0.396 e. The van der Waals surface area contributed by atoms with Gasteiger partial charge in [0.25, 0.3) is 0 Å². The molecule has 1 aliphatic rings. The molecule has 1 unspecified atom stereocenters. The number of esters is 1. The van der Waals surface area contributed by atoms with Crippen molar-refractivity contribution in [2.75, 3.05) is 33.3 Å². The molecule has 1 rings (SSSR count). The molecule has 0 aromatic heterocycles. The van der Waals surface area contributed by atoms with Crippen LogP contribution in [0.5, 0.6) is 0 Å². The minimum absolute atomic E-state index is 0.239. The SMILES string of the molecule is CCOC(=O)C(=O)N(C)CC1CCCN1CC.